The van der Waals surface area contributed by atoms with Gasteiger partial charge in [-0.15, -0.1) is 0 Å². The zero-order valence-electron chi connectivity index (χ0n) is 46.9. The van der Waals surface area contributed by atoms with E-state index in [-0.39, 0.29) is 74.0 Å². The smallest absolute Gasteiger partial charge is 0.326 e. The SMILES string of the molecule is CC(=O)O.CC(C)(C)C(c1cc(-c2cc(F)ccc2F)cn1Cc1ccccc1)N(CCCN)C(=O)CSCCC(NC(=O)CCCC(=O)O)C(=O)O.NC(=O)CCOCCOCCOCCOCCNC(=O)CCN1C(=O)C=CC1=O. The molecule has 23 nitrogen and oxygen atoms in total. The summed E-state index contributed by atoms with van der Waals surface area (Å²) in [7, 11) is 0. The Morgan fingerprint density at radius 1 is 0.768 bits per heavy atom. The van der Waals surface area contributed by atoms with Crippen LogP contribution in [0.3, 0.4) is 0 Å². The average molecular weight is 1180 g/mol. The van der Waals surface area contributed by atoms with E-state index in [1.54, 1.807) is 11.1 Å². The molecule has 2 unspecified atom stereocenters. The fraction of sp³-hybridized carbons (Fsp3) is 0.518. The van der Waals surface area contributed by atoms with Crippen LogP contribution in [0, 0.1) is 17.0 Å². The number of carboxylic acid groups (broad SMARTS) is 3. The molecule has 0 radical (unpaired) electrons. The first-order valence-electron chi connectivity index (χ1n) is 26.5. The van der Waals surface area contributed by atoms with Crippen molar-refractivity contribution in [1.29, 1.82) is 0 Å². The molecule has 0 spiro atoms. The van der Waals surface area contributed by atoms with Crippen LogP contribution in [-0.4, -0.2) is 180 Å². The number of carbonyl (C=O) groups excluding carboxylic acids is 6. The number of aromatic nitrogens is 1. The fourth-order valence-electron chi connectivity index (χ4n) is 7.79. The van der Waals surface area contributed by atoms with Gasteiger partial charge in [0.15, 0.2) is 0 Å². The van der Waals surface area contributed by atoms with E-state index in [2.05, 4.69) is 10.6 Å². The van der Waals surface area contributed by atoms with Crippen LogP contribution in [0.5, 0.6) is 0 Å². The van der Waals surface area contributed by atoms with E-state index in [9.17, 15) is 47.9 Å². The number of rotatable bonds is 37. The number of halogens is 2. The largest absolute Gasteiger partial charge is 0.481 e. The lowest BCUT2D eigenvalue weighted by Crippen LogP contribution is -2.44. The third-order valence-corrected chi connectivity index (χ3v) is 12.5. The molecule has 2 atom stereocenters. The molecule has 2 heterocycles. The molecule has 0 aliphatic carbocycles. The predicted molar refractivity (Wildman–Crippen MR) is 300 cm³/mol. The number of imide groups is 1. The summed E-state index contributed by atoms with van der Waals surface area (Å²) in [6, 6.07) is 13.1. The minimum atomic E-state index is -1.22. The molecule has 0 fully saturated rings. The van der Waals surface area contributed by atoms with Crippen LogP contribution in [0.1, 0.15) is 89.9 Å². The summed E-state index contributed by atoms with van der Waals surface area (Å²) in [5.41, 5.74) is 12.7. The number of benzene rings is 2. The zero-order chi connectivity index (χ0) is 61.0. The molecule has 2 aromatic carbocycles. The molecule has 0 saturated carbocycles. The zero-order valence-corrected chi connectivity index (χ0v) is 47.8. The maximum atomic E-state index is 15.0. The van der Waals surface area contributed by atoms with Crippen molar-refractivity contribution in [3.63, 3.8) is 0 Å². The van der Waals surface area contributed by atoms with Crippen molar-refractivity contribution in [2.75, 3.05) is 90.5 Å². The Kier molecular flexibility index (Phi) is 34.1. The van der Waals surface area contributed by atoms with Gasteiger partial charge in [0.2, 0.25) is 23.6 Å². The number of aliphatic carboxylic acids is 3. The van der Waals surface area contributed by atoms with Gasteiger partial charge in [0.1, 0.15) is 17.7 Å². The number of nitrogens with two attached hydrogens (primary N) is 2. The number of hydrogen-bond donors (Lipinski definition) is 7. The Morgan fingerprint density at radius 2 is 1.37 bits per heavy atom. The van der Waals surface area contributed by atoms with E-state index in [0.717, 1.165) is 41.3 Å². The average Bonchev–Trinajstić information content (AvgIpc) is 3.73. The van der Waals surface area contributed by atoms with Gasteiger partial charge in [-0.3, -0.25) is 43.3 Å². The molecule has 26 heteroatoms. The quantitative estimate of drug-likeness (QED) is 0.0315. The minimum Gasteiger partial charge on any atom is -0.481 e. The number of thioether (sulfide) groups is 1. The molecular weight excluding hydrogens is 1100 g/mol. The molecule has 9 N–H and O–H groups in total. The lowest BCUT2D eigenvalue weighted by atomic mass is 9.83. The number of nitrogens with zero attached hydrogens (tertiary/aromatic N) is 3. The van der Waals surface area contributed by atoms with E-state index in [4.69, 9.17) is 45.4 Å². The first-order valence-corrected chi connectivity index (χ1v) is 27.7. The van der Waals surface area contributed by atoms with Crippen LogP contribution >= 0.6 is 11.8 Å². The second-order valence-electron chi connectivity index (χ2n) is 19.4. The maximum absolute atomic E-state index is 15.0. The molecule has 0 bridgehead atoms. The Labute approximate surface area is 480 Å². The topological polar surface area (TPSA) is 339 Å². The van der Waals surface area contributed by atoms with E-state index in [0.29, 0.717) is 91.0 Å². The van der Waals surface area contributed by atoms with Crippen molar-refractivity contribution in [2.45, 2.75) is 91.3 Å². The van der Waals surface area contributed by atoms with E-state index in [1.165, 1.54) is 23.9 Å². The van der Waals surface area contributed by atoms with Crippen LogP contribution in [0.25, 0.3) is 11.1 Å². The molecule has 454 valence electrons. The second-order valence-corrected chi connectivity index (χ2v) is 20.5. The van der Waals surface area contributed by atoms with Crippen LogP contribution in [-0.2, 0) is 68.6 Å². The van der Waals surface area contributed by atoms with Gasteiger partial charge in [0, 0.05) is 94.0 Å². The highest BCUT2D eigenvalue weighted by molar-refractivity contribution is 7.99. The van der Waals surface area contributed by atoms with Gasteiger partial charge in [-0.05, 0) is 66.8 Å². The van der Waals surface area contributed by atoms with Crippen LogP contribution < -0.4 is 22.1 Å². The summed E-state index contributed by atoms with van der Waals surface area (Å²) in [5, 5.41) is 30.9. The fourth-order valence-corrected chi connectivity index (χ4v) is 8.68. The summed E-state index contributed by atoms with van der Waals surface area (Å²) in [5.74, 6) is -6.14. The minimum absolute atomic E-state index is 0.0286. The van der Waals surface area contributed by atoms with Gasteiger partial charge in [0.25, 0.3) is 17.8 Å². The third-order valence-electron chi connectivity index (χ3n) is 11.5. The Balaban J connectivity index is 0.000000590. The molecule has 1 aliphatic heterocycles. The lowest BCUT2D eigenvalue weighted by molar-refractivity contribution is -0.142. The van der Waals surface area contributed by atoms with Gasteiger partial charge in [-0.2, -0.15) is 11.8 Å². The molecule has 3 aromatic rings. The highest BCUT2D eigenvalue weighted by atomic mass is 32.2. The molecule has 1 aromatic heterocycles. The summed E-state index contributed by atoms with van der Waals surface area (Å²) in [4.78, 5) is 105. The molecule has 0 saturated heterocycles. The standard InChI is InChI=1S/C36H46F2N4O6S.C18H29N3O8.C2H4O2/c1-36(2,3)34(30-19-25(27-20-26(37)13-14-28(27)38)22-41(30)21-24-9-5-4-6-10-24)42(17-8-16-39)32(44)23-49-18-15-29(35(47)48)40-31(43)11-7-12-33(45)46;19-15(22)4-7-26-9-11-28-13-14-29-12-10-27-8-5-20-16(23)3-6-21-17(24)1-2-18(21)25;1-2(3)4/h4-6,9-10,13-14,19-20,22,29,34H,7-8,11-12,15-18,21,23,39H2,1-3H3,(H,40,43)(H,45,46)(H,47,48);1-2H,3-14H2,(H2,19,22)(H,20,23);1H3,(H,3,4). The van der Waals surface area contributed by atoms with Gasteiger partial charge < -0.3 is 65.8 Å². The van der Waals surface area contributed by atoms with Crippen molar-refractivity contribution in [3.8, 4) is 11.1 Å². The van der Waals surface area contributed by atoms with Crippen LogP contribution in [0.15, 0.2) is 72.9 Å². The number of hydrogen-bond acceptors (Lipinski definition) is 15. The van der Waals surface area contributed by atoms with Gasteiger partial charge in [-0.1, -0.05) is 51.1 Å². The first kappa shape index (κ1) is 71.0. The summed E-state index contributed by atoms with van der Waals surface area (Å²) >= 11 is 1.24. The number of carboxylic acids is 3. The van der Waals surface area contributed by atoms with E-state index >= 15 is 4.39 Å². The number of carbonyl (C=O) groups is 9. The molecule has 6 amide bonds. The number of ether oxygens (including phenoxy) is 4. The Hall–Kier alpha value is -7.10. The monoisotopic (exact) mass is 1180 g/mol. The van der Waals surface area contributed by atoms with Crippen LogP contribution in [0.4, 0.5) is 8.78 Å². The van der Waals surface area contributed by atoms with E-state index in [1.807, 2.05) is 61.7 Å². The van der Waals surface area contributed by atoms with Gasteiger partial charge in [0.05, 0.1) is 64.6 Å². The number of primary amides is 1. The molecule has 4 rings (SSSR count). The lowest BCUT2D eigenvalue weighted by Gasteiger charge is -2.41. The van der Waals surface area contributed by atoms with Crippen LogP contribution in [0.2, 0.25) is 0 Å². The first-order chi connectivity index (χ1) is 38.9. The summed E-state index contributed by atoms with van der Waals surface area (Å²) < 4.78 is 52.3. The normalized spacial score (nSPS) is 12.6. The summed E-state index contributed by atoms with van der Waals surface area (Å²) in [6.07, 6.45) is 4.78. The predicted octanol–water partition coefficient (Wildman–Crippen LogP) is 4.14. The van der Waals surface area contributed by atoms with Crippen molar-refractivity contribution in [2.24, 2.45) is 16.9 Å². The van der Waals surface area contributed by atoms with Crippen molar-refractivity contribution in [1.82, 2.24) is 25.0 Å². The maximum Gasteiger partial charge on any atom is 0.326 e. The van der Waals surface area contributed by atoms with E-state index < -0.39 is 70.7 Å². The highest BCUT2D eigenvalue weighted by Crippen LogP contribution is 2.41. The molecular formula is C56H79F2N7O16S. The van der Waals surface area contributed by atoms with Gasteiger partial charge in [-0.25, -0.2) is 13.6 Å². The molecule has 1 aliphatic rings. The van der Waals surface area contributed by atoms with Gasteiger partial charge >= 0.3 is 11.9 Å². The summed E-state index contributed by atoms with van der Waals surface area (Å²) in [6.45, 7) is 11.7. The van der Waals surface area contributed by atoms with Crippen molar-refractivity contribution in [3.05, 3.63) is 95.8 Å². The van der Waals surface area contributed by atoms with Crippen molar-refractivity contribution < 1.29 is 86.2 Å². The number of amides is 6. The Morgan fingerprint density at radius 3 is 1.93 bits per heavy atom. The Bertz CT molecular complexity index is 2520. The third kappa shape index (κ3) is 29.6. The second kappa shape index (κ2) is 39.4. The number of nitrogens with one attached hydrogen (secondary N) is 2. The van der Waals surface area contributed by atoms with Crippen molar-refractivity contribution >= 4 is 65.1 Å². The highest BCUT2D eigenvalue weighted by Gasteiger charge is 2.37. The molecule has 82 heavy (non-hydrogen) atoms.